The summed E-state index contributed by atoms with van der Waals surface area (Å²) in [7, 11) is 0. The highest BCUT2D eigenvalue weighted by atomic mass is 35.5. The second kappa shape index (κ2) is 4.15. The Labute approximate surface area is 103 Å². The molecule has 0 spiro atoms. The molecule has 0 aromatic carbocycles. The lowest BCUT2D eigenvalue weighted by Crippen LogP contribution is -2.11. The number of anilines is 1. The van der Waals surface area contributed by atoms with E-state index in [0.717, 1.165) is 6.07 Å². The standard InChI is InChI=1S/C9H5ClF3N3S/c10-4-1-2-17-7(4)5-3-6(9(11,12)13)16-8(14)15-5/h1-3H,(H2,14,15,16). The molecule has 0 unspecified atom stereocenters. The van der Waals surface area contributed by atoms with Gasteiger partial charge in [0.05, 0.1) is 15.6 Å². The predicted octanol–water partition coefficient (Wildman–Crippen LogP) is 3.46. The maximum Gasteiger partial charge on any atom is 0.433 e. The van der Waals surface area contributed by atoms with Gasteiger partial charge in [-0.05, 0) is 17.5 Å². The van der Waals surface area contributed by atoms with Crippen molar-refractivity contribution < 1.29 is 13.2 Å². The van der Waals surface area contributed by atoms with E-state index in [9.17, 15) is 13.2 Å². The fourth-order valence-electron chi connectivity index (χ4n) is 1.20. The number of hydrogen-bond donors (Lipinski definition) is 1. The van der Waals surface area contributed by atoms with E-state index < -0.39 is 17.8 Å². The van der Waals surface area contributed by atoms with Gasteiger partial charge in [-0.3, -0.25) is 0 Å². The van der Waals surface area contributed by atoms with Gasteiger partial charge in [0.2, 0.25) is 5.95 Å². The molecule has 0 aliphatic rings. The van der Waals surface area contributed by atoms with E-state index in [4.69, 9.17) is 17.3 Å². The number of nitrogens with zero attached hydrogens (tertiary/aromatic N) is 2. The molecule has 2 N–H and O–H groups in total. The summed E-state index contributed by atoms with van der Waals surface area (Å²) in [6.07, 6.45) is -4.56. The van der Waals surface area contributed by atoms with Crippen molar-refractivity contribution in [1.29, 1.82) is 0 Å². The summed E-state index contributed by atoms with van der Waals surface area (Å²) in [5, 5.41) is 1.99. The Morgan fingerprint density at radius 2 is 2.00 bits per heavy atom. The molecule has 3 nitrogen and oxygen atoms in total. The van der Waals surface area contributed by atoms with Crippen molar-refractivity contribution in [3.8, 4) is 10.6 Å². The van der Waals surface area contributed by atoms with Crippen LogP contribution in [0.3, 0.4) is 0 Å². The van der Waals surface area contributed by atoms with E-state index in [1.165, 1.54) is 11.3 Å². The number of nitrogens with two attached hydrogens (primary N) is 1. The van der Waals surface area contributed by atoms with Crippen LogP contribution in [0.15, 0.2) is 17.5 Å². The lowest BCUT2D eigenvalue weighted by atomic mass is 10.3. The molecule has 17 heavy (non-hydrogen) atoms. The topological polar surface area (TPSA) is 51.8 Å². The van der Waals surface area contributed by atoms with Crippen LogP contribution in [0.5, 0.6) is 0 Å². The van der Waals surface area contributed by atoms with E-state index in [0.29, 0.717) is 9.90 Å². The molecule has 8 heteroatoms. The van der Waals surface area contributed by atoms with Crippen molar-refractivity contribution in [2.45, 2.75) is 6.18 Å². The van der Waals surface area contributed by atoms with E-state index in [1.54, 1.807) is 11.4 Å². The number of nitrogen functional groups attached to an aromatic ring is 1. The normalized spacial score (nSPS) is 11.8. The SMILES string of the molecule is Nc1nc(-c2sccc2Cl)cc(C(F)(F)F)n1. The molecule has 2 aromatic heterocycles. The van der Waals surface area contributed by atoms with Gasteiger partial charge in [-0.15, -0.1) is 11.3 Å². The average molecular weight is 280 g/mol. The summed E-state index contributed by atoms with van der Waals surface area (Å²) in [4.78, 5) is 7.33. The number of thiophene rings is 1. The van der Waals surface area contributed by atoms with Crippen molar-refractivity contribution >= 4 is 28.9 Å². The molecule has 2 rings (SSSR count). The Morgan fingerprint density at radius 1 is 1.29 bits per heavy atom. The average Bonchev–Trinajstić information content (AvgIpc) is 2.62. The first kappa shape index (κ1) is 12.1. The monoisotopic (exact) mass is 279 g/mol. The third kappa shape index (κ3) is 2.50. The smallest absolute Gasteiger partial charge is 0.368 e. The highest BCUT2D eigenvalue weighted by Crippen LogP contribution is 2.35. The highest BCUT2D eigenvalue weighted by Gasteiger charge is 2.33. The molecule has 0 radical (unpaired) electrons. The lowest BCUT2D eigenvalue weighted by Gasteiger charge is -2.07. The lowest BCUT2D eigenvalue weighted by molar-refractivity contribution is -0.141. The van der Waals surface area contributed by atoms with Crippen molar-refractivity contribution in [2.24, 2.45) is 0 Å². The van der Waals surface area contributed by atoms with Crippen LogP contribution in [-0.2, 0) is 6.18 Å². The van der Waals surface area contributed by atoms with Crippen LogP contribution in [0.1, 0.15) is 5.69 Å². The minimum atomic E-state index is -4.56. The maximum absolute atomic E-state index is 12.5. The summed E-state index contributed by atoms with van der Waals surface area (Å²) in [6, 6.07) is 2.40. The Bertz CT molecular complexity index is 553. The molecule has 0 aliphatic heterocycles. The first-order valence-corrected chi connectivity index (χ1v) is 5.59. The highest BCUT2D eigenvalue weighted by molar-refractivity contribution is 7.14. The van der Waals surface area contributed by atoms with Gasteiger partial charge < -0.3 is 5.73 Å². The largest absolute Gasteiger partial charge is 0.433 e. The molecule has 0 bridgehead atoms. The summed E-state index contributed by atoms with van der Waals surface area (Å²) in [5.74, 6) is -0.431. The first-order chi connectivity index (χ1) is 7.88. The van der Waals surface area contributed by atoms with Gasteiger partial charge in [-0.25, -0.2) is 9.97 Å². The first-order valence-electron chi connectivity index (χ1n) is 4.33. The van der Waals surface area contributed by atoms with Crippen LogP contribution in [0.25, 0.3) is 10.6 Å². The third-order valence-electron chi connectivity index (χ3n) is 1.88. The van der Waals surface area contributed by atoms with Crippen LogP contribution in [0, 0.1) is 0 Å². The van der Waals surface area contributed by atoms with Crippen LogP contribution >= 0.6 is 22.9 Å². The van der Waals surface area contributed by atoms with E-state index >= 15 is 0 Å². The van der Waals surface area contributed by atoms with Crippen LogP contribution < -0.4 is 5.73 Å². The van der Waals surface area contributed by atoms with Crippen molar-refractivity contribution in [3.63, 3.8) is 0 Å². The zero-order valence-corrected chi connectivity index (χ0v) is 9.70. The Kier molecular flexibility index (Phi) is 2.96. The second-order valence-corrected chi connectivity index (χ2v) is 4.42. The van der Waals surface area contributed by atoms with Crippen molar-refractivity contribution in [1.82, 2.24) is 9.97 Å². The quantitative estimate of drug-likeness (QED) is 0.870. The van der Waals surface area contributed by atoms with Crippen molar-refractivity contribution in [3.05, 3.63) is 28.2 Å². The summed E-state index contributed by atoms with van der Waals surface area (Å²) < 4.78 is 37.5. The van der Waals surface area contributed by atoms with Crippen LogP contribution in [0.2, 0.25) is 5.02 Å². The van der Waals surface area contributed by atoms with Crippen molar-refractivity contribution in [2.75, 3.05) is 5.73 Å². The zero-order chi connectivity index (χ0) is 12.6. The van der Waals surface area contributed by atoms with Crippen LogP contribution in [0.4, 0.5) is 19.1 Å². The molecule has 2 heterocycles. The van der Waals surface area contributed by atoms with Gasteiger partial charge in [0.25, 0.3) is 0 Å². The van der Waals surface area contributed by atoms with E-state index in [2.05, 4.69) is 9.97 Å². The van der Waals surface area contributed by atoms with E-state index in [-0.39, 0.29) is 5.69 Å². The predicted molar refractivity (Wildman–Crippen MR) is 59.8 cm³/mol. The minimum Gasteiger partial charge on any atom is -0.368 e. The molecule has 2 aromatic rings. The molecule has 0 amide bonds. The molecular weight excluding hydrogens is 275 g/mol. The Hall–Kier alpha value is -1.34. The zero-order valence-electron chi connectivity index (χ0n) is 8.12. The number of alkyl halides is 3. The number of rotatable bonds is 1. The molecule has 0 atom stereocenters. The maximum atomic E-state index is 12.5. The van der Waals surface area contributed by atoms with Gasteiger partial charge in [-0.1, -0.05) is 11.6 Å². The van der Waals surface area contributed by atoms with Gasteiger partial charge >= 0.3 is 6.18 Å². The molecule has 90 valence electrons. The minimum absolute atomic E-state index is 0.0739. The van der Waals surface area contributed by atoms with Gasteiger partial charge in [0, 0.05) is 0 Å². The number of aromatic nitrogens is 2. The fraction of sp³-hybridized carbons (Fsp3) is 0.111. The second-order valence-electron chi connectivity index (χ2n) is 3.09. The van der Waals surface area contributed by atoms with E-state index in [1.807, 2.05) is 0 Å². The summed E-state index contributed by atoms with van der Waals surface area (Å²) in [5.41, 5.74) is 4.25. The van der Waals surface area contributed by atoms with Gasteiger partial charge in [0.1, 0.15) is 0 Å². The number of hydrogen-bond acceptors (Lipinski definition) is 4. The molecule has 0 aliphatic carbocycles. The molecule has 0 saturated carbocycles. The molecular formula is C9H5ClF3N3S. The number of halogens is 4. The fourth-order valence-corrected chi connectivity index (χ4v) is 2.32. The third-order valence-corrected chi connectivity index (χ3v) is 3.25. The molecule has 0 fully saturated rings. The van der Waals surface area contributed by atoms with Gasteiger partial charge in [-0.2, -0.15) is 13.2 Å². The summed E-state index contributed by atoms with van der Waals surface area (Å²) in [6.45, 7) is 0. The Morgan fingerprint density at radius 3 is 2.53 bits per heavy atom. The summed E-state index contributed by atoms with van der Waals surface area (Å²) >= 11 is 7.01. The van der Waals surface area contributed by atoms with Crippen LogP contribution in [-0.4, -0.2) is 9.97 Å². The Balaban J connectivity index is 2.57. The van der Waals surface area contributed by atoms with Gasteiger partial charge in [0.15, 0.2) is 5.69 Å². The molecule has 0 saturated heterocycles.